The predicted octanol–water partition coefficient (Wildman–Crippen LogP) is 10.1. The molecule has 0 saturated heterocycles. The minimum Gasteiger partial charge on any atom is -0.309 e. The molecule has 5 aromatic carbocycles. The second-order valence-corrected chi connectivity index (χ2v) is 11.8. The zero-order valence-electron chi connectivity index (χ0n) is 19.9. The third-order valence-corrected chi connectivity index (χ3v) is 9.71. The highest BCUT2D eigenvalue weighted by atomic mass is 79.9. The molecule has 8 aromatic rings. The molecule has 3 heterocycles. The average molecular weight is 589 g/mol. The van der Waals surface area contributed by atoms with Crippen LogP contribution in [0.4, 0.5) is 0 Å². The maximum Gasteiger partial charge on any atom is 0.209 e. The summed E-state index contributed by atoms with van der Waals surface area (Å²) in [5, 5.41) is 6.05. The van der Waals surface area contributed by atoms with Gasteiger partial charge in [0.05, 0.1) is 11.0 Å². The lowest BCUT2D eigenvalue weighted by Crippen LogP contribution is -1.94. The predicted molar refractivity (Wildman–Crippen MR) is 166 cm³/mol. The summed E-state index contributed by atoms with van der Waals surface area (Å²) in [6.45, 7) is 0. The monoisotopic (exact) mass is 587 g/mol. The van der Waals surface area contributed by atoms with Crippen molar-refractivity contribution in [1.82, 2.24) is 13.9 Å². The van der Waals surface area contributed by atoms with Gasteiger partial charge < -0.3 is 4.57 Å². The molecule has 0 aliphatic heterocycles. The Morgan fingerprint density at radius 1 is 0.632 bits per heavy atom. The van der Waals surface area contributed by atoms with Crippen LogP contribution in [0, 0.1) is 0 Å². The normalized spacial score (nSPS) is 11.8. The molecule has 0 fully saturated rings. The first-order valence-electron chi connectivity index (χ1n) is 12.3. The van der Waals surface area contributed by atoms with Crippen LogP contribution >= 0.6 is 38.8 Å². The van der Waals surface area contributed by atoms with E-state index in [1.54, 1.807) is 0 Å². The summed E-state index contributed by atoms with van der Waals surface area (Å²) in [5.74, 6) is 0. The number of rotatable bonds is 3. The van der Waals surface area contributed by atoms with Crippen LogP contribution in [0.15, 0.2) is 114 Å². The highest BCUT2D eigenvalue weighted by Crippen LogP contribution is 2.42. The van der Waals surface area contributed by atoms with Crippen LogP contribution in [-0.4, -0.2) is 13.9 Å². The second kappa shape index (κ2) is 8.60. The van der Waals surface area contributed by atoms with Crippen LogP contribution in [-0.2, 0) is 0 Å². The van der Waals surface area contributed by atoms with E-state index in [-0.39, 0.29) is 0 Å². The van der Waals surface area contributed by atoms with Crippen molar-refractivity contribution in [2.45, 2.75) is 0 Å². The molecular weight excluding hydrogens is 570 g/mol. The lowest BCUT2D eigenvalue weighted by molar-refractivity contribution is 1.18. The smallest absolute Gasteiger partial charge is 0.209 e. The standard InChI is InChI=1S/C32H18BrN3S2/c33-32-34-31(38-35-32)20-7-5-8-21(17-20)36-27-13-3-1-9-23(27)26-18-19(15-16-28(26)36)22-11-6-12-25-24-10-2-4-14-29(24)37-30(22)25/h1-18H. The minimum absolute atomic E-state index is 0.626. The van der Waals surface area contributed by atoms with Crippen molar-refractivity contribution in [3.63, 3.8) is 0 Å². The van der Waals surface area contributed by atoms with Crippen molar-refractivity contribution >= 4 is 80.8 Å². The molecule has 0 amide bonds. The number of aromatic nitrogens is 3. The molecule has 0 aliphatic carbocycles. The van der Waals surface area contributed by atoms with Crippen LogP contribution < -0.4 is 0 Å². The third-order valence-electron chi connectivity index (χ3n) is 7.14. The SMILES string of the molecule is Brc1nsc(-c2cccc(-n3c4ccccc4c4cc(-c5cccc6c5sc5ccccc56)ccc43)c2)n1. The summed E-state index contributed by atoms with van der Waals surface area (Å²) in [6.07, 6.45) is 0. The van der Waals surface area contributed by atoms with Gasteiger partial charge in [0.2, 0.25) is 4.73 Å². The highest BCUT2D eigenvalue weighted by molar-refractivity contribution is 9.10. The summed E-state index contributed by atoms with van der Waals surface area (Å²) in [7, 11) is 0. The number of para-hydroxylation sites is 1. The summed E-state index contributed by atoms with van der Waals surface area (Å²) in [5.41, 5.74) is 7.07. The zero-order chi connectivity index (χ0) is 25.2. The first-order chi connectivity index (χ1) is 18.7. The van der Waals surface area contributed by atoms with Gasteiger partial charge in [-0.05, 0) is 75.0 Å². The number of benzene rings is 5. The van der Waals surface area contributed by atoms with Crippen LogP contribution in [0.3, 0.4) is 0 Å². The molecule has 0 atom stereocenters. The van der Waals surface area contributed by atoms with E-state index in [1.165, 1.54) is 64.6 Å². The quantitative estimate of drug-likeness (QED) is 0.206. The Hall–Kier alpha value is -3.84. The van der Waals surface area contributed by atoms with E-state index in [2.05, 4.69) is 139 Å². The maximum atomic E-state index is 4.53. The summed E-state index contributed by atoms with van der Waals surface area (Å²) >= 11 is 6.66. The molecule has 0 saturated carbocycles. The number of thiophene rings is 1. The molecule has 3 nitrogen and oxygen atoms in total. The van der Waals surface area contributed by atoms with Gasteiger partial charge in [0.25, 0.3) is 0 Å². The number of halogens is 1. The molecule has 38 heavy (non-hydrogen) atoms. The van der Waals surface area contributed by atoms with E-state index >= 15 is 0 Å². The largest absolute Gasteiger partial charge is 0.309 e. The molecule has 0 N–H and O–H groups in total. The maximum absolute atomic E-state index is 4.53. The Labute approximate surface area is 234 Å². The van der Waals surface area contributed by atoms with Gasteiger partial charge in [-0.3, -0.25) is 0 Å². The van der Waals surface area contributed by atoms with Gasteiger partial charge in [-0.1, -0.05) is 72.8 Å². The van der Waals surface area contributed by atoms with E-state index in [1.807, 2.05) is 11.3 Å². The Kier molecular flexibility index (Phi) is 5.02. The van der Waals surface area contributed by atoms with Crippen molar-refractivity contribution in [2.75, 3.05) is 0 Å². The van der Waals surface area contributed by atoms with E-state index < -0.39 is 0 Å². The molecule has 0 unspecified atom stereocenters. The second-order valence-electron chi connectivity index (χ2n) is 9.28. The summed E-state index contributed by atoms with van der Waals surface area (Å²) in [4.78, 5) is 4.53. The lowest BCUT2D eigenvalue weighted by atomic mass is 10.0. The van der Waals surface area contributed by atoms with E-state index in [9.17, 15) is 0 Å². The van der Waals surface area contributed by atoms with Crippen molar-refractivity contribution in [3.8, 4) is 27.4 Å². The summed E-state index contributed by atoms with van der Waals surface area (Å²) < 4.78 is 9.95. The van der Waals surface area contributed by atoms with Crippen LogP contribution in [0.2, 0.25) is 0 Å². The number of nitrogens with zero attached hydrogens (tertiary/aromatic N) is 3. The van der Waals surface area contributed by atoms with Crippen LogP contribution in [0.5, 0.6) is 0 Å². The van der Waals surface area contributed by atoms with Crippen molar-refractivity contribution < 1.29 is 0 Å². The number of fused-ring (bicyclic) bond motifs is 6. The minimum atomic E-state index is 0.626. The van der Waals surface area contributed by atoms with Crippen LogP contribution in [0.25, 0.3) is 69.4 Å². The van der Waals surface area contributed by atoms with Crippen molar-refractivity contribution in [2.24, 2.45) is 0 Å². The van der Waals surface area contributed by atoms with Gasteiger partial charge >= 0.3 is 0 Å². The average Bonchev–Trinajstić information content (AvgIpc) is 3.66. The van der Waals surface area contributed by atoms with E-state index in [4.69, 9.17) is 0 Å². The Morgan fingerprint density at radius 3 is 2.32 bits per heavy atom. The Morgan fingerprint density at radius 2 is 1.42 bits per heavy atom. The van der Waals surface area contributed by atoms with Gasteiger partial charge in [0, 0.05) is 42.2 Å². The Bertz CT molecular complexity index is 2170. The first kappa shape index (κ1) is 22.2. The van der Waals surface area contributed by atoms with Crippen molar-refractivity contribution in [3.05, 3.63) is 114 Å². The van der Waals surface area contributed by atoms with Gasteiger partial charge in [0.1, 0.15) is 5.01 Å². The zero-order valence-corrected chi connectivity index (χ0v) is 23.1. The number of hydrogen-bond donors (Lipinski definition) is 0. The van der Waals surface area contributed by atoms with Gasteiger partial charge in [-0.2, -0.15) is 4.37 Å². The fourth-order valence-electron chi connectivity index (χ4n) is 5.49. The number of hydrogen-bond acceptors (Lipinski definition) is 4. The van der Waals surface area contributed by atoms with Crippen molar-refractivity contribution in [1.29, 1.82) is 0 Å². The first-order valence-corrected chi connectivity index (χ1v) is 14.7. The molecule has 0 radical (unpaired) electrons. The highest BCUT2D eigenvalue weighted by Gasteiger charge is 2.16. The fourth-order valence-corrected chi connectivity index (χ4v) is 7.81. The molecule has 0 bridgehead atoms. The molecule has 0 aliphatic rings. The van der Waals surface area contributed by atoms with Gasteiger partial charge in [-0.25, -0.2) is 4.98 Å². The summed E-state index contributed by atoms with van der Waals surface area (Å²) in [6, 6.07) is 39.5. The lowest BCUT2D eigenvalue weighted by Gasteiger charge is -2.10. The molecule has 180 valence electrons. The topological polar surface area (TPSA) is 30.7 Å². The fraction of sp³-hybridized carbons (Fsp3) is 0. The van der Waals surface area contributed by atoms with Gasteiger partial charge in [0.15, 0.2) is 0 Å². The van der Waals surface area contributed by atoms with E-state index in [0.29, 0.717) is 4.73 Å². The molecule has 6 heteroatoms. The molecular formula is C32H18BrN3S2. The van der Waals surface area contributed by atoms with Gasteiger partial charge in [-0.15, -0.1) is 11.3 Å². The van der Waals surface area contributed by atoms with E-state index in [0.717, 1.165) is 16.3 Å². The molecule has 8 rings (SSSR count). The van der Waals surface area contributed by atoms with Crippen LogP contribution in [0.1, 0.15) is 0 Å². The third kappa shape index (κ3) is 3.38. The molecule has 0 spiro atoms. The Balaban J connectivity index is 1.36. The molecule has 3 aromatic heterocycles.